The zero-order valence-corrected chi connectivity index (χ0v) is 10.6. The summed E-state index contributed by atoms with van der Waals surface area (Å²) in [5, 5.41) is 0. The Morgan fingerprint density at radius 1 is 1.11 bits per heavy atom. The van der Waals surface area contributed by atoms with Gasteiger partial charge in [0, 0.05) is 6.07 Å². The Morgan fingerprint density at radius 2 is 1.94 bits per heavy atom. The van der Waals surface area contributed by atoms with Gasteiger partial charge in [0.25, 0.3) is 0 Å². The molecule has 0 amide bonds. The van der Waals surface area contributed by atoms with Crippen LogP contribution in [0.3, 0.4) is 0 Å². The maximum absolute atomic E-state index is 5.82. The third kappa shape index (κ3) is 2.94. The number of rotatable bonds is 4. The van der Waals surface area contributed by atoms with Gasteiger partial charge in [-0.3, -0.25) is 0 Å². The molecule has 18 heavy (non-hydrogen) atoms. The summed E-state index contributed by atoms with van der Waals surface area (Å²) >= 11 is 0. The summed E-state index contributed by atoms with van der Waals surface area (Å²) in [6.07, 6.45) is 0. The molecule has 3 heteroatoms. The van der Waals surface area contributed by atoms with Gasteiger partial charge < -0.3 is 15.2 Å². The molecule has 0 aliphatic heterocycles. The van der Waals surface area contributed by atoms with Crippen LogP contribution >= 0.6 is 0 Å². The quantitative estimate of drug-likeness (QED) is 0.839. The molecule has 2 N–H and O–H groups in total. The lowest BCUT2D eigenvalue weighted by Crippen LogP contribution is -1.97. The molecule has 0 saturated carbocycles. The van der Waals surface area contributed by atoms with Crippen LogP contribution in [-0.4, -0.2) is 7.11 Å². The minimum atomic E-state index is 0.535. The number of aryl methyl sites for hydroxylation is 1. The molecule has 0 aliphatic rings. The van der Waals surface area contributed by atoms with E-state index in [9.17, 15) is 0 Å². The van der Waals surface area contributed by atoms with Crippen molar-refractivity contribution in [1.82, 2.24) is 0 Å². The second-order valence-corrected chi connectivity index (χ2v) is 4.18. The highest BCUT2D eigenvalue weighted by Gasteiger charge is 2.02. The SMILES string of the molecule is COc1ccc(OCc2cccc(C)c2)cc1N. The second kappa shape index (κ2) is 5.45. The van der Waals surface area contributed by atoms with Crippen LogP contribution in [0.5, 0.6) is 11.5 Å². The molecular weight excluding hydrogens is 226 g/mol. The summed E-state index contributed by atoms with van der Waals surface area (Å²) in [4.78, 5) is 0. The predicted molar refractivity (Wildman–Crippen MR) is 72.9 cm³/mol. The monoisotopic (exact) mass is 243 g/mol. The molecule has 2 aromatic carbocycles. The molecule has 2 rings (SSSR count). The van der Waals surface area contributed by atoms with Crippen molar-refractivity contribution in [2.24, 2.45) is 0 Å². The summed E-state index contributed by atoms with van der Waals surface area (Å²) in [5.41, 5.74) is 8.77. The number of nitrogens with two attached hydrogens (primary N) is 1. The standard InChI is InChI=1S/C15H17NO2/c1-11-4-3-5-12(8-11)10-18-13-6-7-15(17-2)14(16)9-13/h3-9H,10,16H2,1-2H3. The lowest BCUT2D eigenvalue weighted by molar-refractivity contribution is 0.305. The van der Waals surface area contributed by atoms with E-state index in [2.05, 4.69) is 19.1 Å². The van der Waals surface area contributed by atoms with Crippen LogP contribution in [0.4, 0.5) is 5.69 Å². The van der Waals surface area contributed by atoms with Gasteiger partial charge in [-0.25, -0.2) is 0 Å². The van der Waals surface area contributed by atoms with Crippen molar-refractivity contribution < 1.29 is 9.47 Å². The lowest BCUT2D eigenvalue weighted by Gasteiger charge is -2.09. The maximum Gasteiger partial charge on any atom is 0.142 e. The third-order valence-electron chi connectivity index (χ3n) is 2.69. The summed E-state index contributed by atoms with van der Waals surface area (Å²) in [6, 6.07) is 13.7. The Kier molecular flexibility index (Phi) is 3.72. The van der Waals surface area contributed by atoms with Gasteiger partial charge in [0.1, 0.15) is 18.1 Å². The molecule has 0 heterocycles. The van der Waals surface area contributed by atoms with Crippen molar-refractivity contribution >= 4 is 5.69 Å². The van der Waals surface area contributed by atoms with Gasteiger partial charge in [-0.2, -0.15) is 0 Å². The molecule has 94 valence electrons. The number of ether oxygens (including phenoxy) is 2. The minimum absolute atomic E-state index is 0.535. The zero-order chi connectivity index (χ0) is 13.0. The number of benzene rings is 2. The zero-order valence-electron chi connectivity index (χ0n) is 10.6. The van der Waals surface area contributed by atoms with Gasteiger partial charge in [0.15, 0.2) is 0 Å². The Labute approximate surface area is 107 Å². The molecule has 3 nitrogen and oxygen atoms in total. The fourth-order valence-electron chi connectivity index (χ4n) is 1.77. The predicted octanol–water partition coefficient (Wildman–Crippen LogP) is 3.16. The average Bonchev–Trinajstić information content (AvgIpc) is 2.37. The van der Waals surface area contributed by atoms with E-state index in [1.54, 1.807) is 19.2 Å². The molecule has 0 fully saturated rings. The first kappa shape index (κ1) is 12.3. The topological polar surface area (TPSA) is 44.5 Å². The fourth-order valence-corrected chi connectivity index (χ4v) is 1.77. The molecule has 0 aliphatic carbocycles. The molecule has 0 saturated heterocycles. The summed E-state index contributed by atoms with van der Waals surface area (Å²) in [5.74, 6) is 1.41. The first-order chi connectivity index (χ1) is 8.69. The number of anilines is 1. The normalized spacial score (nSPS) is 10.1. The third-order valence-corrected chi connectivity index (χ3v) is 2.69. The van der Waals surface area contributed by atoms with Gasteiger partial charge in [-0.05, 0) is 24.6 Å². The Balaban J connectivity index is 2.04. The van der Waals surface area contributed by atoms with E-state index >= 15 is 0 Å². The maximum atomic E-state index is 5.82. The van der Waals surface area contributed by atoms with E-state index < -0.39 is 0 Å². The highest BCUT2D eigenvalue weighted by molar-refractivity contribution is 5.56. The molecule has 0 radical (unpaired) electrons. The van der Waals surface area contributed by atoms with Crippen molar-refractivity contribution in [3.8, 4) is 11.5 Å². The highest BCUT2D eigenvalue weighted by Crippen LogP contribution is 2.26. The summed E-state index contributed by atoms with van der Waals surface area (Å²) in [7, 11) is 1.60. The number of hydrogen-bond donors (Lipinski definition) is 1. The average molecular weight is 243 g/mol. The second-order valence-electron chi connectivity index (χ2n) is 4.18. The fraction of sp³-hybridized carbons (Fsp3) is 0.200. The largest absolute Gasteiger partial charge is 0.495 e. The smallest absolute Gasteiger partial charge is 0.142 e. The van der Waals surface area contributed by atoms with Crippen molar-refractivity contribution in [1.29, 1.82) is 0 Å². The molecule has 0 bridgehead atoms. The Hall–Kier alpha value is -2.16. The molecule has 0 unspecified atom stereocenters. The lowest BCUT2D eigenvalue weighted by atomic mass is 10.1. The van der Waals surface area contributed by atoms with Gasteiger partial charge in [-0.15, -0.1) is 0 Å². The molecule has 0 aromatic heterocycles. The number of methoxy groups -OCH3 is 1. The van der Waals surface area contributed by atoms with Crippen molar-refractivity contribution in [3.63, 3.8) is 0 Å². The number of hydrogen-bond acceptors (Lipinski definition) is 3. The summed E-state index contributed by atoms with van der Waals surface area (Å²) < 4.78 is 10.8. The van der Waals surface area contributed by atoms with E-state index in [4.69, 9.17) is 15.2 Å². The van der Waals surface area contributed by atoms with Crippen LogP contribution in [-0.2, 0) is 6.61 Å². The molecular formula is C15H17NO2. The van der Waals surface area contributed by atoms with Crippen molar-refractivity contribution in [3.05, 3.63) is 53.6 Å². The summed E-state index contributed by atoms with van der Waals surface area (Å²) in [6.45, 7) is 2.60. The molecule has 2 aromatic rings. The van der Waals surface area contributed by atoms with E-state index in [-0.39, 0.29) is 0 Å². The van der Waals surface area contributed by atoms with Crippen LogP contribution in [0, 0.1) is 6.92 Å². The van der Waals surface area contributed by atoms with E-state index in [0.29, 0.717) is 18.0 Å². The number of nitrogen functional groups attached to an aromatic ring is 1. The van der Waals surface area contributed by atoms with E-state index in [1.807, 2.05) is 18.2 Å². The minimum Gasteiger partial charge on any atom is -0.495 e. The highest BCUT2D eigenvalue weighted by atomic mass is 16.5. The van der Waals surface area contributed by atoms with Crippen LogP contribution in [0.1, 0.15) is 11.1 Å². The Bertz CT molecular complexity index is 538. The first-order valence-electron chi connectivity index (χ1n) is 5.81. The Morgan fingerprint density at radius 3 is 2.61 bits per heavy atom. The molecule has 0 atom stereocenters. The van der Waals surface area contributed by atoms with Crippen molar-refractivity contribution in [2.45, 2.75) is 13.5 Å². The molecule has 0 spiro atoms. The van der Waals surface area contributed by atoms with E-state index in [1.165, 1.54) is 5.56 Å². The first-order valence-corrected chi connectivity index (χ1v) is 5.81. The van der Waals surface area contributed by atoms with Crippen LogP contribution in [0.15, 0.2) is 42.5 Å². The van der Waals surface area contributed by atoms with Crippen LogP contribution in [0.25, 0.3) is 0 Å². The van der Waals surface area contributed by atoms with Crippen LogP contribution in [0.2, 0.25) is 0 Å². The van der Waals surface area contributed by atoms with Gasteiger partial charge in [-0.1, -0.05) is 29.8 Å². The van der Waals surface area contributed by atoms with Gasteiger partial charge >= 0.3 is 0 Å². The van der Waals surface area contributed by atoms with Gasteiger partial charge in [0.2, 0.25) is 0 Å². The van der Waals surface area contributed by atoms with E-state index in [0.717, 1.165) is 11.3 Å². The van der Waals surface area contributed by atoms with Gasteiger partial charge in [0.05, 0.1) is 12.8 Å². The van der Waals surface area contributed by atoms with Crippen LogP contribution < -0.4 is 15.2 Å². The van der Waals surface area contributed by atoms with Crippen molar-refractivity contribution in [2.75, 3.05) is 12.8 Å².